The summed E-state index contributed by atoms with van der Waals surface area (Å²) in [5, 5.41) is 0.104. The molecular weight excluding hydrogens is 268 g/mol. The number of rotatable bonds is 2. The Kier molecular flexibility index (Phi) is 3.36. The zero-order valence-electron chi connectivity index (χ0n) is 10.5. The van der Waals surface area contributed by atoms with E-state index < -0.39 is 11.3 Å². The molecule has 1 aliphatic rings. The van der Waals surface area contributed by atoms with E-state index in [4.69, 9.17) is 23.1 Å². The molecule has 2 amide bonds. The molecule has 0 spiro atoms. The van der Waals surface area contributed by atoms with Crippen molar-refractivity contribution in [2.24, 2.45) is 11.1 Å². The van der Waals surface area contributed by atoms with E-state index in [9.17, 15) is 9.59 Å². The molecule has 0 aromatic carbocycles. The molecule has 1 aromatic rings. The number of nitrogens with two attached hydrogens (primary N) is 2. The molecule has 2 rings (SSSR count). The summed E-state index contributed by atoms with van der Waals surface area (Å²) in [7, 11) is 0. The van der Waals surface area contributed by atoms with Gasteiger partial charge in [0.1, 0.15) is 5.15 Å². The molecule has 7 heteroatoms. The van der Waals surface area contributed by atoms with Crippen LogP contribution in [0.2, 0.25) is 5.15 Å². The van der Waals surface area contributed by atoms with E-state index in [0.717, 1.165) is 0 Å². The lowest BCUT2D eigenvalue weighted by Crippen LogP contribution is -2.38. The van der Waals surface area contributed by atoms with Crippen molar-refractivity contribution in [3.8, 4) is 0 Å². The summed E-state index contributed by atoms with van der Waals surface area (Å²) >= 11 is 5.90. The normalized spacial score (nSPS) is 22.5. The molecule has 4 N–H and O–H groups in total. The Morgan fingerprint density at radius 3 is 2.79 bits per heavy atom. The van der Waals surface area contributed by atoms with Crippen molar-refractivity contribution >= 4 is 29.1 Å². The molecule has 0 radical (unpaired) electrons. The van der Waals surface area contributed by atoms with Gasteiger partial charge in [0, 0.05) is 13.1 Å². The minimum atomic E-state index is -0.685. The van der Waals surface area contributed by atoms with Crippen LogP contribution < -0.4 is 11.5 Å². The Labute approximate surface area is 115 Å². The van der Waals surface area contributed by atoms with E-state index in [0.29, 0.717) is 18.7 Å². The minimum absolute atomic E-state index is 0.104. The predicted octanol–water partition coefficient (Wildman–Crippen LogP) is 0.655. The number of nitrogen functional groups attached to an aromatic ring is 1. The number of hydrogen-bond acceptors (Lipinski definition) is 4. The average Bonchev–Trinajstić information content (AvgIpc) is 2.76. The first-order valence-corrected chi connectivity index (χ1v) is 6.21. The molecule has 1 aliphatic heterocycles. The highest BCUT2D eigenvalue weighted by atomic mass is 35.5. The van der Waals surface area contributed by atoms with Crippen LogP contribution in [0.3, 0.4) is 0 Å². The lowest BCUT2D eigenvalue weighted by atomic mass is 9.89. The molecule has 2 heterocycles. The summed E-state index contributed by atoms with van der Waals surface area (Å²) in [5.74, 6) is -0.686. The maximum atomic E-state index is 12.3. The van der Waals surface area contributed by atoms with Crippen LogP contribution in [0.25, 0.3) is 0 Å². The first-order valence-electron chi connectivity index (χ1n) is 5.84. The number of nitrogens with zero attached hydrogens (tertiary/aromatic N) is 2. The summed E-state index contributed by atoms with van der Waals surface area (Å²) in [5.41, 5.74) is 10.9. The van der Waals surface area contributed by atoms with Crippen molar-refractivity contribution in [2.75, 3.05) is 18.8 Å². The molecule has 6 nitrogen and oxygen atoms in total. The summed E-state index contributed by atoms with van der Waals surface area (Å²) in [6, 6.07) is 1.48. The smallest absolute Gasteiger partial charge is 0.257 e. The Hall–Kier alpha value is -1.82. The molecule has 102 valence electrons. The van der Waals surface area contributed by atoms with Gasteiger partial charge in [-0.05, 0) is 19.4 Å². The summed E-state index contributed by atoms with van der Waals surface area (Å²) < 4.78 is 0. The zero-order valence-corrected chi connectivity index (χ0v) is 11.3. The molecule has 1 fully saturated rings. The Morgan fingerprint density at radius 2 is 2.21 bits per heavy atom. The van der Waals surface area contributed by atoms with Gasteiger partial charge in [-0.25, -0.2) is 4.98 Å². The summed E-state index contributed by atoms with van der Waals surface area (Å²) in [6.07, 6.45) is 1.93. The highest BCUT2D eigenvalue weighted by Gasteiger charge is 2.41. The summed E-state index contributed by atoms with van der Waals surface area (Å²) in [4.78, 5) is 29.1. The predicted molar refractivity (Wildman–Crippen MR) is 71.5 cm³/mol. The number of carbonyl (C=O) groups is 2. The highest BCUT2D eigenvalue weighted by molar-refractivity contribution is 6.32. The number of likely N-dealkylation sites (tertiary alicyclic amines) is 1. The molecule has 0 aliphatic carbocycles. The lowest BCUT2D eigenvalue weighted by molar-refractivity contribution is -0.126. The van der Waals surface area contributed by atoms with Crippen LogP contribution in [0.1, 0.15) is 23.7 Å². The number of halogens is 1. The molecule has 1 unspecified atom stereocenters. The number of carbonyl (C=O) groups excluding carboxylic acids is 2. The van der Waals surface area contributed by atoms with Crippen LogP contribution >= 0.6 is 11.6 Å². The molecular formula is C12H15ClN4O2. The van der Waals surface area contributed by atoms with Crippen LogP contribution in [-0.4, -0.2) is 34.8 Å². The molecule has 19 heavy (non-hydrogen) atoms. The van der Waals surface area contributed by atoms with Crippen molar-refractivity contribution in [3.63, 3.8) is 0 Å². The van der Waals surface area contributed by atoms with Crippen molar-refractivity contribution in [2.45, 2.75) is 13.3 Å². The second-order valence-corrected chi connectivity index (χ2v) is 5.37. The monoisotopic (exact) mass is 282 g/mol. The maximum Gasteiger partial charge on any atom is 0.257 e. The molecule has 0 bridgehead atoms. The van der Waals surface area contributed by atoms with Gasteiger partial charge >= 0.3 is 0 Å². The fourth-order valence-electron chi connectivity index (χ4n) is 2.12. The highest BCUT2D eigenvalue weighted by Crippen LogP contribution is 2.31. The van der Waals surface area contributed by atoms with Gasteiger partial charge in [0.05, 0.1) is 22.9 Å². The molecule has 0 saturated carbocycles. The summed E-state index contributed by atoms with van der Waals surface area (Å²) in [6.45, 7) is 2.50. The standard InChI is InChI=1S/C12H15ClN4O2/c1-12(11(15)19)2-3-17(6-12)10(18)8-4-7(14)5-16-9(8)13/h4-5H,2-3,6,14H2,1H3,(H2,15,19). The van der Waals surface area contributed by atoms with Gasteiger partial charge in [0.2, 0.25) is 5.91 Å². The van der Waals surface area contributed by atoms with Crippen LogP contribution in [-0.2, 0) is 4.79 Å². The van der Waals surface area contributed by atoms with Crippen molar-refractivity contribution < 1.29 is 9.59 Å². The van der Waals surface area contributed by atoms with Crippen molar-refractivity contribution in [1.82, 2.24) is 9.88 Å². The minimum Gasteiger partial charge on any atom is -0.397 e. The Balaban J connectivity index is 2.22. The maximum absolute atomic E-state index is 12.3. The van der Waals surface area contributed by atoms with E-state index in [2.05, 4.69) is 4.98 Å². The van der Waals surface area contributed by atoms with Crippen LogP contribution in [0.5, 0.6) is 0 Å². The van der Waals surface area contributed by atoms with Crippen molar-refractivity contribution in [1.29, 1.82) is 0 Å². The second-order valence-electron chi connectivity index (χ2n) is 5.01. The van der Waals surface area contributed by atoms with E-state index in [1.807, 2.05) is 0 Å². The van der Waals surface area contributed by atoms with Gasteiger partial charge in [-0.3, -0.25) is 9.59 Å². The first kappa shape index (κ1) is 13.6. The number of anilines is 1. The van der Waals surface area contributed by atoms with E-state index in [1.54, 1.807) is 11.8 Å². The lowest BCUT2D eigenvalue weighted by Gasteiger charge is -2.21. The third-order valence-corrected chi connectivity index (χ3v) is 3.75. The van der Waals surface area contributed by atoms with E-state index >= 15 is 0 Å². The number of primary amides is 1. The third-order valence-electron chi connectivity index (χ3n) is 3.45. The van der Waals surface area contributed by atoms with Crippen molar-refractivity contribution in [3.05, 3.63) is 23.0 Å². The molecule has 1 atom stereocenters. The SMILES string of the molecule is CC1(C(N)=O)CCN(C(=O)c2cc(N)cnc2Cl)C1. The fourth-order valence-corrected chi connectivity index (χ4v) is 2.30. The average molecular weight is 283 g/mol. The van der Waals surface area contributed by atoms with Gasteiger partial charge in [-0.2, -0.15) is 0 Å². The third kappa shape index (κ3) is 2.49. The quantitative estimate of drug-likeness (QED) is 0.778. The fraction of sp³-hybridized carbons (Fsp3) is 0.417. The van der Waals surface area contributed by atoms with Crippen LogP contribution in [0.15, 0.2) is 12.3 Å². The molecule has 1 saturated heterocycles. The number of amides is 2. The number of pyridine rings is 1. The van der Waals surface area contributed by atoms with Gasteiger partial charge in [-0.1, -0.05) is 11.6 Å². The van der Waals surface area contributed by atoms with E-state index in [1.165, 1.54) is 12.3 Å². The number of aromatic nitrogens is 1. The van der Waals surface area contributed by atoms with E-state index in [-0.39, 0.29) is 23.2 Å². The largest absolute Gasteiger partial charge is 0.397 e. The van der Waals surface area contributed by atoms with Gasteiger partial charge in [0.15, 0.2) is 0 Å². The Morgan fingerprint density at radius 1 is 1.53 bits per heavy atom. The van der Waals surface area contributed by atoms with Crippen LogP contribution in [0.4, 0.5) is 5.69 Å². The van der Waals surface area contributed by atoms with Crippen LogP contribution in [0, 0.1) is 5.41 Å². The molecule has 1 aromatic heterocycles. The first-order chi connectivity index (χ1) is 8.83. The zero-order chi connectivity index (χ0) is 14.2. The van der Waals surface area contributed by atoms with Gasteiger partial charge in [-0.15, -0.1) is 0 Å². The Bertz CT molecular complexity index is 549. The number of hydrogen-bond donors (Lipinski definition) is 2. The topological polar surface area (TPSA) is 102 Å². The van der Waals surface area contributed by atoms with Gasteiger partial charge in [0.25, 0.3) is 5.91 Å². The van der Waals surface area contributed by atoms with Gasteiger partial charge < -0.3 is 16.4 Å². The second kappa shape index (κ2) is 4.70.